The van der Waals surface area contributed by atoms with Crippen LogP contribution in [0.3, 0.4) is 0 Å². The molecule has 6 nitrogen and oxygen atoms in total. The van der Waals surface area contributed by atoms with Gasteiger partial charge in [-0.15, -0.1) is 0 Å². The molecule has 2 heterocycles. The van der Waals surface area contributed by atoms with E-state index in [-0.39, 0.29) is 10.6 Å². The number of hydrogen-bond acceptors (Lipinski definition) is 5. The van der Waals surface area contributed by atoms with Crippen molar-refractivity contribution in [1.29, 1.82) is 0 Å². The summed E-state index contributed by atoms with van der Waals surface area (Å²) in [5, 5.41) is 11.8. The van der Waals surface area contributed by atoms with Gasteiger partial charge in [0.05, 0.1) is 16.0 Å². The second kappa shape index (κ2) is 6.27. The Morgan fingerprint density at radius 3 is 2.68 bits per heavy atom. The van der Waals surface area contributed by atoms with E-state index < -0.39 is 0 Å². The van der Waals surface area contributed by atoms with Crippen LogP contribution in [0.5, 0.6) is 0 Å². The smallest absolute Gasteiger partial charge is 0.278 e. The van der Waals surface area contributed by atoms with E-state index in [2.05, 4.69) is 21.7 Å². The molecule has 1 aliphatic heterocycles. The second-order valence-electron chi connectivity index (χ2n) is 5.59. The van der Waals surface area contributed by atoms with Crippen molar-refractivity contribution in [1.82, 2.24) is 9.88 Å². The summed E-state index contributed by atoms with van der Waals surface area (Å²) in [6, 6.07) is 6.95. The zero-order valence-electron chi connectivity index (χ0n) is 12.7. The maximum Gasteiger partial charge on any atom is 0.278 e. The first kappa shape index (κ1) is 14.7. The van der Waals surface area contributed by atoms with Crippen molar-refractivity contribution in [2.24, 2.45) is 0 Å². The third-order valence-electron chi connectivity index (χ3n) is 4.17. The van der Waals surface area contributed by atoms with Gasteiger partial charge in [0.15, 0.2) is 0 Å². The number of anilines is 1. The van der Waals surface area contributed by atoms with E-state index in [0.29, 0.717) is 5.39 Å². The number of pyridine rings is 1. The summed E-state index contributed by atoms with van der Waals surface area (Å²) in [7, 11) is 0. The van der Waals surface area contributed by atoms with Gasteiger partial charge in [-0.05, 0) is 31.2 Å². The quantitative estimate of drug-likeness (QED) is 0.641. The number of fused-ring (bicyclic) bond motifs is 1. The summed E-state index contributed by atoms with van der Waals surface area (Å²) in [5.41, 5.74) is 1.84. The second-order valence-corrected chi connectivity index (χ2v) is 5.59. The molecule has 1 saturated heterocycles. The van der Waals surface area contributed by atoms with E-state index in [9.17, 15) is 10.1 Å². The number of rotatable bonds is 4. The number of aromatic nitrogens is 1. The molecule has 1 aliphatic rings. The minimum Gasteiger partial charge on any atom is -0.367 e. The zero-order valence-corrected chi connectivity index (χ0v) is 12.7. The molecule has 22 heavy (non-hydrogen) atoms. The number of nitro benzene ring substituents is 1. The minimum absolute atomic E-state index is 0.122. The van der Waals surface area contributed by atoms with Gasteiger partial charge in [-0.25, -0.2) is 0 Å². The Balaban J connectivity index is 1.92. The van der Waals surface area contributed by atoms with Crippen LogP contribution in [0.2, 0.25) is 0 Å². The van der Waals surface area contributed by atoms with Crippen molar-refractivity contribution in [3.8, 4) is 0 Å². The van der Waals surface area contributed by atoms with Crippen LogP contribution in [0.15, 0.2) is 30.5 Å². The Kier molecular flexibility index (Phi) is 4.20. The molecule has 0 bridgehead atoms. The van der Waals surface area contributed by atoms with Crippen LogP contribution in [0.4, 0.5) is 11.4 Å². The van der Waals surface area contributed by atoms with E-state index in [1.54, 1.807) is 24.4 Å². The summed E-state index contributed by atoms with van der Waals surface area (Å²) in [5.74, 6) is 0. The topological polar surface area (TPSA) is 62.5 Å². The molecule has 0 aliphatic carbocycles. The third-order valence-corrected chi connectivity index (χ3v) is 4.17. The molecule has 1 aromatic carbocycles. The fourth-order valence-corrected chi connectivity index (χ4v) is 3.09. The van der Waals surface area contributed by atoms with Crippen molar-refractivity contribution in [3.63, 3.8) is 0 Å². The average molecular weight is 300 g/mol. The fraction of sp³-hybridized carbons (Fsp3) is 0.438. The highest BCUT2D eigenvalue weighted by Crippen LogP contribution is 2.32. The summed E-state index contributed by atoms with van der Waals surface area (Å²) in [6.07, 6.45) is 2.87. The molecular weight excluding hydrogens is 280 g/mol. The molecule has 1 fully saturated rings. The lowest BCUT2D eigenvalue weighted by atomic mass is 10.1. The number of nitro groups is 1. The number of nitrogens with zero attached hydrogens (tertiary/aromatic N) is 4. The number of piperazine rings is 1. The van der Waals surface area contributed by atoms with Gasteiger partial charge in [-0.1, -0.05) is 6.92 Å². The predicted octanol–water partition coefficient (Wildman–Crippen LogP) is 2.68. The number of hydrogen-bond donors (Lipinski definition) is 0. The van der Waals surface area contributed by atoms with E-state index in [4.69, 9.17) is 0 Å². The Bertz CT molecular complexity index is 681. The van der Waals surface area contributed by atoms with Crippen molar-refractivity contribution >= 4 is 22.3 Å². The molecule has 0 spiro atoms. The van der Waals surface area contributed by atoms with Crippen molar-refractivity contribution in [3.05, 3.63) is 40.6 Å². The summed E-state index contributed by atoms with van der Waals surface area (Å²) in [6.45, 7) is 7.25. The average Bonchev–Trinajstić information content (AvgIpc) is 2.55. The van der Waals surface area contributed by atoms with Crippen LogP contribution in [0, 0.1) is 10.1 Å². The number of non-ortho nitro benzene ring substituents is 1. The largest absolute Gasteiger partial charge is 0.367 e. The highest BCUT2D eigenvalue weighted by molar-refractivity contribution is 5.97. The summed E-state index contributed by atoms with van der Waals surface area (Å²) < 4.78 is 0. The minimum atomic E-state index is -0.340. The first-order valence-electron chi connectivity index (χ1n) is 7.70. The first-order chi connectivity index (χ1) is 10.7. The normalized spacial score (nSPS) is 16.1. The maximum atomic E-state index is 11.2. The van der Waals surface area contributed by atoms with E-state index in [0.717, 1.165) is 43.9 Å². The Labute approximate surface area is 129 Å². The van der Waals surface area contributed by atoms with Crippen molar-refractivity contribution in [2.75, 3.05) is 37.6 Å². The van der Waals surface area contributed by atoms with Gasteiger partial charge in [0.25, 0.3) is 5.69 Å². The van der Waals surface area contributed by atoms with Gasteiger partial charge in [0, 0.05) is 38.4 Å². The van der Waals surface area contributed by atoms with Crippen molar-refractivity contribution in [2.45, 2.75) is 13.3 Å². The standard InChI is InChI=1S/C16H20N4O2/c1-2-8-18-9-11-19(12-10-18)15-6-5-14(20(21)22)13-4-3-7-17-16(13)15/h3-7H,2,8-12H2,1H3. The molecule has 0 N–H and O–H groups in total. The molecule has 2 aromatic rings. The molecule has 6 heteroatoms. The maximum absolute atomic E-state index is 11.2. The molecule has 0 amide bonds. The van der Waals surface area contributed by atoms with Crippen LogP contribution < -0.4 is 4.90 Å². The van der Waals surface area contributed by atoms with Gasteiger partial charge >= 0.3 is 0 Å². The van der Waals surface area contributed by atoms with Gasteiger partial charge in [0.1, 0.15) is 5.52 Å². The highest BCUT2D eigenvalue weighted by Gasteiger charge is 2.21. The summed E-state index contributed by atoms with van der Waals surface area (Å²) >= 11 is 0. The van der Waals surface area contributed by atoms with Gasteiger partial charge < -0.3 is 4.90 Å². The van der Waals surface area contributed by atoms with E-state index in [1.807, 2.05) is 6.07 Å². The first-order valence-corrected chi connectivity index (χ1v) is 7.70. The monoisotopic (exact) mass is 300 g/mol. The molecule has 3 rings (SSSR count). The van der Waals surface area contributed by atoms with Gasteiger partial charge in [-0.2, -0.15) is 0 Å². The zero-order chi connectivity index (χ0) is 15.5. The Morgan fingerprint density at radius 1 is 1.23 bits per heavy atom. The fourth-order valence-electron chi connectivity index (χ4n) is 3.09. The predicted molar refractivity (Wildman–Crippen MR) is 87.3 cm³/mol. The van der Waals surface area contributed by atoms with Crippen LogP contribution in [0.1, 0.15) is 13.3 Å². The Morgan fingerprint density at radius 2 is 2.00 bits per heavy atom. The third kappa shape index (κ3) is 2.74. The molecule has 0 saturated carbocycles. The van der Waals surface area contributed by atoms with Gasteiger partial charge in [0.2, 0.25) is 0 Å². The molecule has 0 unspecified atom stereocenters. The van der Waals surface area contributed by atoms with Crippen molar-refractivity contribution < 1.29 is 4.92 Å². The lowest BCUT2D eigenvalue weighted by Gasteiger charge is -2.36. The Hall–Kier alpha value is -2.21. The van der Waals surface area contributed by atoms with Crippen LogP contribution in [-0.2, 0) is 0 Å². The van der Waals surface area contributed by atoms with E-state index >= 15 is 0 Å². The molecule has 1 aromatic heterocycles. The van der Waals surface area contributed by atoms with E-state index in [1.165, 1.54) is 6.42 Å². The lowest BCUT2D eigenvalue weighted by molar-refractivity contribution is -0.383. The molecule has 116 valence electrons. The highest BCUT2D eigenvalue weighted by atomic mass is 16.6. The SMILES string of the molecule is CCCN1CCN(c2ccc([N+](=O)[O-])c3cccnc23)CC1. The molecule has 0 atom stereocenters. The lowest BCUT2D eigenvalue weighted by Crippen LogP contribution is -2.46. The van der Waals surface area contributed by atoms with Crippen LogP contribution in [-0.4, -0.2) is 47.5 Å². The molecular formula is C16H20N4O2. The molecule has 0 radical (unpaired) electrons. The summed E-state index contributed by atoms with van der Waals surface area (Å²) in [4.78, 5) is 20.0. The number of benzene rings is 1. The van der Waals surface area contributed by atoms with Gasteiger partial charge in [-0.3, -0.25) is 20.0 Å². The van der Waals surface area contributed by atoms with Crippen LogP contribution >= 0.6 is 0 Å². The van der Waals surface area contributed by atoms with Crippen LogP contribution in [0.25, 0.3) is 10.9 Å².